The lowest BCUT2D eigenvalue weighted by Gasteiger charge is -2.22. The first-order valence-corrected chi connectivity index (χ1v) is 6.71. The standard InChI is InChI=1S/C16H15F3N2/c17-16(18,19)14-5-6-15(13(7-14)8-20)21-9-11-3-1-2-4-12(11)10-21/h1-7H,8-10,20H2. The third kappa shape index (κ3) is 2.61. The molecule has 0 radical (unpaired) electrons. The Morgan fingerprint density at radius 2 is 1.62 bits per heavy atom. The Labute approximate surface area is 121 Å². The number of hydrogen-bond donors (Lipinski definition) is 1. The van der Waals surface area contributed by atoms with Gasteiger partial charge in [0.15, 0.2) is 0 Å². The van der Waals surface area contributed by atoms with Crippen LogP contribution in [0.2, 0.25) is 0 Å². The maximum Gasteiger partial charge on any atom is 0.416 e. The summed E-state index contributed by atoms with van der Waals surface area (Å²) in [6, 6.07) is 11.8. The van der Waals surface area contributed by atoms with E-state index in [2.05, 4.69) is 4.90 Å². The van der Waals surface area contributed by atoms with Crippen LogP contribution < -0.4 is 10.6 Å². The van der Waals surface area contributed by atoms with Gasteiger partial charge in [-0.2, -0.15) is 13.2 Å². The average molecular weight is 292 g/mol. The fraction of sp³-hybridized carbons (Fsp3) is 0.250. The molecular formula is C16H15F3N2. The molecule has 5 heteroatoms. The summed E-state index contributed by atoms with van der Waals surface area (Å²) >= 11 is 0. The van der Waals surface area contributed by atoms with Crippen molar-refractivity contribution < 1.29 is 13.2 Å². The van der Waals surface area contributed by atoms with Crippen molar-refractivity contribution in [1.82, 2.24) is 0 Å². The van der Waals surface area contributed by atoms with Crippen LogP contribution in [0.4, 0.5) is 18.9 Å². The fourth-order valence-corrected chi connectivity index (χ4v) is 2.74. The Kier molecular flexibility index (Phi) is 3.37. The molecule has 0 atom stereocenters. The van der Waals surface area contributed by atoms with Crippen LogP contribution in [0.3, 0.4) is 0 Å². The molecule has 0 saturated carbocycles. The topological polar surface area (TPSA) is 29.3 Å². The van der Waals surface area contributed by atoms with Gasteiger partial charge in [0.25, 0.3) is 0 Å². The van der Waals surface area contributed by atoms with E-state index < -0.39 is 11.7 Å². The molecule has 110 valence electrons. The Hall–Kier alpha value is -2.01. The first kappa shape index (κ1) is 13.9. The molecule has 21 heavy (non-hydrogen) atoms. The van der Waals surface area contributed by atoms with Crippen LogP contribution in [0.5, 0.6) is 0 Å². The summed E-state index contributed by atoms with van der Waals surface area (Å²) in [5.41, 5.74) is 8.71. The van der Waals surface area contributed by atoms with E-state index in [0.717, 1.165) is 17.8 Å². The second kappa shape index (κ2) is 5.07. The summed E-state index contributed by atoms with van der Waals surface area (Å²) in [6.45, 7) is 1.50. The van der Waals surface area contributed by atoms with Gasteiger partial charge in [0.05, 0.1) is 5.56 Å². The van der Waals surface area contributed by atoms with E-state index in [0.29, 0.717) is 18.7 Å². The molecule has 0 spiro atoms. The number of alkyl halides is 3. The molecule has 2 N–H and O–H groups in total. The zero-order chi connectivity index (χ0) is 15.0. The van der Waals surface area contributed by atoms with Crippen molar-refractivity contribution in [1.29, 1.82) is 0 Å². The molecule has 1 heterocycles. The van der Waals surface area contributed by atoms with Crippen molar-refractivity contribution in [2.75, 3.05) is 4.90 Å². The molecule has 0 unspecified atom stereocenters. The second-order valence-electron chi connectivity index (χ2n) is 5.17. The van der Waals surface area contributed by atoms with Gasteiger partial charge in [-0.15, -0.1) is 0 Å². The van der Waals surface area contributed by atoms with Gasteiger partial charge >= 0.3 is 6.18 Å². The molecular weight excluding hydrogens is 277 g/mol. The normalized spacial score (nSPS) is 14.4. The summed E-state index contributed by atoms with van der Waals surface area (Å²) < 4.78 is 38.3. The van der Waals surface area contributed by atoms with E-state index in [1.165, 1.54) is 17.2 Å². The van der Waals surface area contributed by atoms with E-state index in [1.54, 1.807) is 0 Å². The molecule has 2 aromatic rings. The highest BCUT2D eigenvalue weighted by molar-refractivity contribution is 5.58. The van der Waals surface area contributed by atoms with Gasteiger partial charge in [0.1, 0.15) is 0 Å². The molecule has 0 fully saturated rings. The Morgan fingerprint density at radius 3 is 2.14 bits per heavy atom. The molecule has 1 aliphatic heterocycles. The molecule has 0 aliphatic carbocycles. The summed E-state index contributed by atoms with van der Waals surface area (Å²) in [5.74, 6) is 0. The van der Waals surface area contributed by atoms with Gasteiger partial charge in [0.2, 0.25) is 0 Å². The van der Waals surface area contributed by atoms with Crippen molar-refractivity contribution in [2.24, 2.45) is 5.73 Å². The maximum absolute atomic E-state index is 12.8. The molecule has 0 bridgehead atoms. The van der Waals surface area contributed by atoms with Crippen molar-refractivity contribution in [3.05, 3.63) is 64.7 Å². The summed E-state index contributed by atoms with van der Waals surface area (Å²) in [5, 5.41) is 0. The minimum Gasteiger partial charge on any atom is -0.363 e. The number of fused-ring (bicyclic) bond motifs is 1. The number of nitrogens with two attached hydrogens (primary N) is 1. The van der Waals surface area contributed by atoms with Gasteiger partial charge in [-0.25, -0.2) is 0 Å². The first-order valence-electron chi connectivity index (χ1n) is 6.71. The van der Waals surface area contributed by atoms with Gasteiger partial charge in [0, 0.05) is 25.3 Å². The van der Waals surface area contributed by atoms with Crippen molar-refractivity contribution >= 4 is 5.69 Å². The van der Waals surface area contributed by atoms with Gasteiger partial charge in [-0.3, -0.25) is 0 Å². The van der Waals surface area contributed by atoms with E-state index in [4.69, 9.17) is 5.73 Å². The maximum atomic E-state index is 12.8. The first-order chi connectivity index (χ1) is 9.99. The highest BCUT2D eigenvalue weighted by Gasteiger charge is 2.31. The van der Waals surface area contributed by atoms with Crippen molar-refractivity contribution in [3.63, 3.8) is 0 Å². The Morgan fingerprint density at radius 1 is 1.00 bits per heavy atom. The van der Waals surface area contributed by atoms with E-state index in [9.17, 15) is 13.2 Å². The van der Waals surface area contributed by atoms with E-state index in [1.807, 2.05) is 24.3 Å². The summed E-state index contributed by atoms with van der Waals surface area (Å²) in [4.78, 5) is 2.06. The molecule has 1 aliphatic rings. The van der Waals surface area contributed by atoms with Crippen molar-refractivity contribution in [2.45, 2.75) is 25.8 Å². The third-order valence-corrected chi connectivity index (χ3v) is 3.81. The average Bonchev–Trinajstić information content (AvgIpc) is 2.89. The highest BCUT2D eigenvalue weighted by Crippen LogP contribution is 2.35. The van der Waals surface area contributed by atoms with Crippen LogP contribution in [0.25, 0.3) is 0 Å². The van der Waals surface area contributed by atoms with Crippen LogP contribution in [0.15, 0.2) is 42.5 Å². The lowest BCUT2D eigenvalue weighted by atomic mass is 10.1. The lowest BCUT2D eigenvalue weighted by molar-refractivity contribution is -0.137. The van der Waals surface area contributed by atoms with E-state index >= 15 is 0 Å². The number of benzene rings is 2. The number of anilines is 1. The quantitative estimate of drug-likeness (QED) is 0.914. The summed E-state index contributed by atoms with van der Waals surface area (Å²) in [6.07, 6.45) is -4.34. The fourth-order valence-electron chi connectivity index (χ4n) is 2.74. The van der Waals surface area contributed by atoms with Gasteiger partial charge in [-0.05, 0) is 34.9 Å². The predicted molar refractivity (Wildman–Crippen MR) is 75.7 cm³/mol. The monoisotopic (exact) mass is 292 g/mol. The van der Waals surface area contributed by atoms with Crippen LogP contribution >= 0.6 is 0 Å². The Bertz CT molecular complexity index is 640. The van der Waals surface area contributed by atoms with Crippen LogP contribution in [-0.2, 0) is 25.8 Å². The van der Waals surface area contributed by atoms with Crippen LogP contribution in [0, 0.1) is 0 Å². The largest absolute Gasteiger partial charge is 0.416 e. The van der Waals surface area contributed by atoms with Gasteiger partial charge in [-0.1, -0.05) is 24.3 Å². The molecule has 3 rings (SSSR count). The van der Waals surface area contributed by atoms with Crippen LogP contribution in [-0.4, -0.2) is 0 Å². The third-order valence-electron chi connectivity index (χ3n) is 3.81. The highest BCUT2D eigenvalue weighted by atomic mass is 19.4. The minimum atomic E-state index is -4.34. The number of nitrogens with zero attached hydrogens (tertiary/aromatic N) is 1. The SMILES string of the molecule is NCc1cc(C(F)(F)F)ccc1N1Cc2ccccc2C1. The van der Waals surface area contributed by atoms with Crippen LogP contribution in [0.1, 0.15) is 22.3 Å². The van der Waals surface area contributed by atoms with Gasteiger partial charge < -0.3 is 10.6 Å². The molecule has 2 nitrogen and oxygen atoms in total. The lowest BCUT2D eigenvalue weighted by Crippen LogP contribution is -2.18. The Balaban J connectivity index is 1.94. The smallest absolute Gasteiger partial charge is 0.363 e. The zero-order valence-electron chi connectivity index (χ0n) is 11.3. The second-order valence-corrected chi connectivity index (χ2v) is 5.17. The number of halogens is 3. The molecule has 0 amide bonds. The molecule has 0 aromatic heterocycles. The number of hydrogen-bond acceptors (Lipinski definition) is 2. The minimum absolute atomic E-state index is 0.0894. The molecule has 0 saturated heterocycles. The molecule has 2 aromatic carbocycles. The summed E-state index contributed by atoms with van der Waals surface area (Å²) in [7, 11) is 0. The predicted octanol–water partition coefficient (Wildman–Crippen LogP) is 3.68. The number of rotatable bonds is 2. The van der Waals surface area contributed by atoms with E-state index in [-0.39, 0.29) is 6.54 Å². The van der Waals surface area contributed by atoms with Crippen molar-refractivity contribution in [3.8, 4) is 0 Å². The zero-order valence-corrected chi connectivity index (χ0v) is 11.3.